The van der Waals surface area contributed by atoms with Crippen LogP contribution in [0.3, 0.4) is 0 Å². The lowest BCUT2D eigenvalue weighted by atomic mass is 9.99. The number of nitrogens with zero attached hydrogens (tertiary/aromatic N) is 3. The van der Waals surface area contributed by atoms with E-state index in [1.807, 2.05) is 19.9 Å². The van der Waals surface area contributed by atoms with E-state index in [2.05, 4.69) is 16.8 Å². The van der Waals surface area contributed by atoms with Gasteiger partial charge in [-0.05, 0) is 27.0 Å². The van der Waals surface area contributed by atoms with Crippen LogP contribution in [0.15, 0.2) is 34.9 Å². The number of hydrogen-bond acceptors (Lipinski definition) is 5. The summed E-state index contributed by atoms with van der Waals surface area (Å²) in [7, 11) is 2.10. The van der Waals surface area contributed by atoms with Crippen LogP contribution in [0.2, 0.25) is 0 Å². The molecule has 1 aliphatic carbocycles. The van der Waals surface area contributed by atoms with Gasteiger partial charge in [0.15, 0.2) is 0 Å². The third-order valence-corrected chi connectivity index (χ3v) is 4.18. The smallest absolute Gasteiger partial charge is 0.252 e. The van der Waals surface area contributed by atoms with Crippen molar-refractivity contribution < 1.29 is 9.66 Å². The van der Waals surface area contributed by atoms with E-state index in [0.717, 1.165) is 43.2 Å². The number of rotatable bonds is 2. The number of ether oxygens (including phenoxy) is 1. The zero-order valence-corrected chi connectivity index (χ0v) is 12.8. The fourth-order valence-electron chi connectivity index (χ4n) is 3.06. The molecule has 2 heterocycles. The lowest BCUT2D eigenvalue weighted by Gasteiger charge is -2.37. The highest BCUT2D eigenvalue weighted by Gasteiger charge is 2.37. The number of likely N-dealkylation sites (N-methyl/N-ethyl adjacent to an activating group) is 1. The highest BCUT2D eigenvalue weighted by atomic mass is 16.6. The average molecular weight is 291 g/mol. The van der Waals surface area contributed by atoms with Gasteiger partial charge in [0.2, 0.25) is 0 Å². The second-order valence-corrected chi connectivity index (χ2v) is 6.44. The van der Waals surface area contributed by atoms with Crippen LogP contribution in [0, 0.1) is 10.1 Å². The Kier molecular flexibility index (Phi) is 3.28. The topological polar surface area (TPSA) is 58.8 Å². The van der Waals surface area contributed by atoms with Crippen LogP contribution in [0.4, 0.5) is 0 Å². The van der Waals surface area contributed by atoms with Crippen molar-refractivity contribution in [1.29, 1.82) is 0 Å². The molecule has 0 amide bonds. The van der Waals surface area contributed by atoms with Crippen LogP contribution in [0.1, 0.15) is 20.3 Å². The SMILES string of the molecule is CN1CCN(C2=C3OC(C)(C)C=C3C=C([N+](=O)[O-])C2)CC1. The molecule has 0 aromatic heterocycles. The highest BCUT2D eigenvalue weighted by Crippen LogP contribution is 2.40. The Morgan fingerprint density at radius 2 is 1.95 bits per heavy atom. The van der Waals surface area contributed by atoms with Crippen LogP contribution in [0.25, 0.3) is 0 Å². The molecule has 0 atom stereocenters. The summed E-state index contributed by atoms with van der Waals surface area (Å²) in [5.74, 6) is 0.829. The summed E-state index contributed by atoms with van der Waals surface area (Å²) in [5.41, 5.74) is 1.67. The summed E-state index contributed by atoms with van der Waals surface area (Å²) in [4.78, 5) is 15.4. The first-order chi connectivity index (χ1) is 9.85. The Hall–Kier alpha value is -1.82. The summed E-state index contributed by atoms with van der Waals surface area (Å²) in [5, 5.41) is 11.2. The van der Waals surface area contributed by atoms with Crippen molar-refractivity contribution in [1.82, 2.24) is 9.80 Å². The zero-order chi connectivity index (χ0) is 15.2. The summed E-state index contributed by atoms with van der Waals surface area (Å²) in [6.45, 7) is 7.67. The Morgan fingerprint density at radius 1 is 1.29 bits per heavy atom. The van der Waals surface area contributed by atoms with Crippen LogP contribution in [-0.4, -0.2) is 53.6 Å². The zero-order valence-electron chi connectivity index (χ0n) is 12.8. The van der Waals surface area contributed by atoms with Crippen molar-refractivity contribution in [3.05, 3.63) is 45.0 Å². The van der Waals surface area contributed by atoms with E-state index in [1.54, 1.807) is 6.08 Å². The van der Waals surface area contributed by atoms with Crippen LogP contribution < -0.4 is 0 Å². The Balaban J connectivity index is 1.94. The monoisotopic (exact) mass is 291 g/mol. The molecule has 6 heteroatoms. The molecule has 0 bridgehead atoms. The van der Waals surface area contributed by atoms with Gasteiger partial charge in [0.05, 0.1) is 17.0 Å². The third kappa shape index (κ3) is 2.68. The van der Waals surface area contributed by atoms with Gasteiger partial charge in [0, 0.05) is 37.8 Å². The van der Waals surface area contributed by atoms with Gasteiger partial charge in [0.1, 0.15) is 11.4 Å². The number of hydrogen-bond donors (Lipinski definition) is 0. The first-order valence-electron chi connectivity index (χ1n) is 7.29. The minimum atomic E-state index is -0.398. The van der Waals surface area contributed by atoms with E-state index >= 15 is 0 Å². The van der Waals surface area contributed by atoms with E-state index in [-0.39, 0.29) is 10.6 Å². The molecule has 21 heavy (non-hydrogen) atoms. The van der Waals surface area contributed by atoms with Gasteiger partial charge in [-0.3, -0.25) is 10.1 Å². The summed E-state index contributed by atoms with van der Waals surface area (Å²) >= 11 is 0. The lowest BCUT2D eigenvalue weighted by Crippen LogP contribution is -2.44. The van der Waals surface area contributed by atoms with E-state index in [1.165, 1.54) is 0 Å². The highest BCUT2D eigenvalue weighted by molar-refractivity contribution is 5.49. The van der Waals surface area contributed by atoms with Gasteiger partial charge in [-0.25, -0.2) is 0 Å². The molecule has 0 saturated carbocycles. The maximum absolute atomic E-state index is 11.2. The Morgan fingerprint density at radius 3 is 2.57 bits per heavy atom. The number of allylic oxidation sites excluding steroid dienone is 1. The number of nitro groups is 1. The molecular formula is C15H21N3O3. The minimum Gasteiger partial charge on any atom is -0.481 e. The predicted molar refractivity (Wildman–Crippen MR) is 79.0 cm³/mol. The predicted octanol–water partition coefficient (Wildman–Crippen LogP) is 1.74. The van der Waals surface area contributed by atoms with Gasteiger partial charge < -0.3 is 14.5 Å². The summed E-state index contributed by atoms with van der Waals surface area (Å²) in [6, 6.07) is 0. The lowest BCUT2D eigenvalue weighted by molar-refractivity contribution is -0.427. The average Bonchev–Trinajstić information content (AvgIpc) is 2.72. The molecule has 0 unspecified atom stereocenters. The molecule has 1 saturated heterocycles. The quantitative estimate of drug-likeness (QED) is 0.573. The number of fused-ring (bicyclic) bond motifs is 1. The van der Waals surface area contributed by atoms with Crippen molar-refractivity contribution in [2.45, 2.75) is 25.9 Å². The van der Waals surface area contributed by atoms with Crippen LogP contribution in [0.5, 0.6) is 0 Å². The van der Waals surface area contributed by atoms with E-state index in [9.17, 15) is 10.1 Å². The Bertz CT molecular complexity index is 567. The molecule has 0 aromatic carbocycles. The summed E-state index contributed by atoms with van der Waals surface area (Å²) < 4.78 is 6.04. The third-order valence-electron chi connectivity index (χ3n) is 4.18. The molecule has 1 fully saturated rings. The van der Waals surface area contributed by atoms with Crippen molar-refractivity contribution in [2.75, 3.05) is 33.2 Å². The molecule has 3 rings (SSSR count). The molecule has 6 nitrogen and oxygen atoms in total. The maximum atomic E-state index is 11.2. The standard InChI is InChI=1S/C15H21N3O3/c1-15(2)10-11-8-12(18(19)20)9-13(14(11)21-15)17-6-4-16(3)5-7-17/h8,10H,4-7,9H2,1-3H3. The molecule has 0 aromatic rings. The van der Waals surface area contributed by atoms with Gasteiger partial charge in [-0.2, -0.15) is 0 Å². The molecule has 114 valence electrons. The van der Waals surface area contributed by atoms with Gasteiger partial charge in [-0.15, -0.1) is 0 Å². The maximum Gasteiger partial charge on any atom is 0.252 e. The fraction of sp³-hybridized carbons (Fsp3) is 0.600. The van der Waals surface area contributed by atoms with E-state index in [4.69, 9.17) is 4.74 Å². The fourth-order valence-corrected chi connectivity index (χ4v) is 3.06. The second kappa shape index (κ2) is 4.87. The second-order valence-electron chi connectivity index (χ2n) is 6.44. The molecule has 2 aliphatic heterocycles. The molecular weight excluding hydrogens is 270 g/mol. The van der Waals surface area contributed by atoms with Crippen LogP contribution >= 0.6 is 0 Å². The normalized spacial score (nSPS) is 25.2. The largest absolute Gasteiger partial charge is 0.481 e. The first kappa shape index (κ1) is 14.1. The van der Waals surface area contributed by atoms with Crippen molar-refractivity contribution >= 4 is 0 Å². The van der Waals surface area contributed by atoms with E-state index < -0.39 is 5.60 Å². The molecule has 0 spiro atoms. The number of piperazine rings is 1. The van der Waals surface area contributed by atoms with Crippen LogP contribution in [-0.2, 0) is 4.74 Å². The van der Waals surface area contributed by atoms with Gasteiger partial charge in [0.25, 0.3) is 5.70 Å². The van der Waals surface area contributed by atoms with Crippen molar-refractivity contribution in [3.63, 3.8) is 0 Å². The summed E-state index contributed by atoms with van der Waals surface area (Å²) in [6.07, 6.45) is 3.98. The van der Waals surface area contributed by atoms with Gasteiger partial charge >= 0.3 is 0 Å². The van der Waals surface area contributed by atoms with E-state index in [0.29, 0.717) is 6.42 Å². The van der Waals surface area contributed by atoms with Crippen molar-refractivity contribution in [3.8, 4) is 0 Å². The molecule has 0 radical (unpaired) electrons. The minimum absolute atomic E-state index is 0.250. The Labute approximate surface area is 124 Å². The molecule has 0 N–H and O–H groups in total. The van der Waals surface area contributed by atoms with Gasteiger partial charge in [-0.1, -0.05) is 0 Å². The molecule has 3 aliphatic rings. The van der Waals surface area contributed by atoms with Crippen molar-refractivity contribution in [2.24, 2.45) is 0 Å². The first-order valence-corrected chi connectivity index (χ1v) is 7.29.